The quantitative estimate of drug-likeness (QED) is 0.174. The molecule has 5 nitrogen and oxygen atoms in total. The van der Waals surface area contributed by atoms with Crippen molar-refractivity contribution in [2.45, 2.75) is 0 Å². The van der Waals surface area contributed by atoms with Crippen molar-refractivity contribution in [3.05, 3.63) is 194 Å². The highest BCUT2D eigenvalue weighted by molar-refractivity contribution is 7.26. The summed E-state index contributed by atoms with van der Waals surface area (Å²) < 4.78 is 11.5. The molecule has 0 N–H and O–H groups in total. The number of furan rings is 1. The maximum Gasteiger partial charge on any atom is 0.165 e. The molecule has 9 aromatic carbocycles. The van der Waals surface area contributed by atoms with Crippen molar-refractivity contribution in [1.29, 1.82) is 0 Å². The zero-order valence-electron chi connectivity index (χ0n) is 32.6. The van der Waals surface area contributed by atoms with Crippen LogP contribution in [-0.2, 0) is 0 Å². The zero-order chi connectivity index (χ0) is 40.0. The molecule has 284 valence electrons. The van der Waals surface area contributed by atoms with Gasteiger partial charge in [0.2, 0.25) is 0 Å². The summed E-state index contributed by atoms with van der Waals surface area (Å²) in [6.07, 6.45) is 0. The van der Waals surface area contributed by atoms with Crippen LogP contribution in [0.15, 0.2) is 199 Å². The van der Waals surface area contributed by atoms with E-state index in [2.05, 4.69) is 174 Å². The summed E-state index contributed by atoms with van der Waals surface area (Å²) in [5.74, 6) is 1.92. The highest BCUT2D eigenvalue weighted by Gasteiger charge is 2.21. The Balaban J connectivity index is 0.991. The molecular formula is C55H32N4OS. The van der Waals surface area contributed by atoms with Crippen LogP contribution in [0.3, 0.4) is 0 Å². The van der Waals surface area contributed by atoms with Crippen LogP contribution in [-0.4, -0.2) is 19.5 Å². The SMILES string of the molecule is c1ccc(-c2nc(-c3ccc(-c4cc(-n5c6ccccc6c6cc7ccccc7cc65)c5c(c4)oc4ccccc45)cc3)nc(-c3cccc4c3sc3ccccc34)n2)cc1. The molecule has 6 heteroatoms. The summed E-state index contributed by atoms with van der Waals surface area (Å²) in [5, 5.41) is 9.50. The van der Waals surface area contributed by atoms with E-state index in [4.69, 9.17) is 19.4 Å². The summed E-state index contributed by atoms with van der Waals surface area (Å²) in [7, 11) is 0. The van der Waals surface area contributed by atoms with Gasteiger partial charge in [-0.15, -0.1) is 11.3 Å². The standard InChI is InChI=1S/C55H32N4OS/c1-2-13-34(14-3-1)53-56-54(58-55(57-53)43-21-12-20-41-40-18-8-11-24-50(40)61-52(41)43)35-27-25-33(26-28-35)38-31-47(51-42-19-7-10-23-48(42)60-49(51)32-38)59-45-22-9-6-17-39(45)44-29-36-15-4-5-16-37(36)30-46(44)59/h1-32H. The van der Waals surface area contributed by atoms with Gasteiger partial charge in [-0.3, -0.25) is 0 Å². The maximum atomic E-state index is 6.66. The predicted octanol–water partition coefficient (Wildman–Crippen LogP) is 15.1. The molecule has 0 saturated carbocycles. The van der Waals surface area contributed by atoms with Gasteiger partial charge in [-0.05, 0) is 70.4 Å². The Bertz CT molecular complexity index is 3880. The van der Waals surface area contributed by atoms with Crippen LogP contribution in [0.2, 0.25) is 0 Å². The van der Waals surface area contributed by atoms with E-state index in [1.54, 1.807) is 11.3 Å². The smallest absolute Gasteiger partial charge is 0.165 e. The van der Waals surface area contributed by atoms with Crippen LogP contribution in [0.25, 0.3) is 126 Å². The maximum absolute atomic E-state index is 6.66. The Labute approximate surface area is 353 Å². The van der Waals surface area contributed by atoms with E-state index in [0.717, 1.165) is 66.5 Å². The monoisotopic (exact) mass is 796 g/mol. The minimum Gasteiger partial charge on any atom is -0.456 e. The van der Waals surface area contributed by atoms with Gasteiger partial charge in [0.15, 0.2) is 17.5 Å². The minimum atomic E-state index is 0.624. The summed E-state index contributed by atoms with van der Waals surface area (Å²) in [4.78, 5) is 15.4. The minimum absolute atomic E-state index is 0.624. The summed E-state index contributed by atoms with van der Waals surface area (Å²) >= 11 is 1.78. The third-order valence-corrected chi connectivity index (χ3v) is 13.2. The van der Waals surface area contributed by atoms with Gasteiger partial charge in [-0.25, -0.2) is 15.0 Å². The molecule has 0 fully saturated rings. The molecule has 13 aromatic rings. The van der Waals surface area contributed by atoms with E-state index < -0.39 is 0 Å². The number of fused-ring (bicyclic) bond motifs is 10. The Morgan fingerprint density at radius 3 is 1.87 bits per heavy atom. The molecular weight excluding hydrogens is 765 g/mol. The van der Waals surface area contributed by atoms with Gasteiger partial charge < -0.3 is 8.98 Å². The van der Waals surface area contributed by atoms with Gasteiger partial charge in [-0.2, -0.15) is 0 Å². The number of aromatic nitrogens is 4. The summed E-state index contributed by atoms with van der Waals surface area (Å²) in [6.45, 7) is 0. The Hall–Kier alpha value is -7.93. The molecule has 0 aliphatic heterocycles. The Kier molecular flexibility index (Phi) is 7.41. The van der Waals surface area contributed by atoms with E-state index in [1.165, 1.54) is 41.7 Å². The summed E-state index contributed by atoms with van der Waals surface area (Å²) in [6, 6.07) is 68.5. The van der Waals surface area contributed by atoms with Crippen molar-refractivity contribution in [2.24, 2.45) is 0 Å². The lowest BCUT2D eigenvalue weighted by Gasteiger charge is -2.13. The molecule has 0 aliphatic rings. The first kappa shape index (κ1) is 34.0. The van der Waals surface area contributed by atoms with Crippen LogP contribution < -0.4 is 0 Å². The van der Waals surface area contributed by atoms with Gasteiger partial charge >= 0.3 is 0 Å². The number of thiophene rings is 1. The second kappa shape index (κ2) is 13.3. The highest BCUT2D eigenvalue weighted by Crippen LogP contribution is 2.43. The fraction of sp³-hybridized carbons (Fsp3) is 0. The zero-order valence-corrected chi connectivity index (χ0v) is 33.4. The van der Waals surface area contributed by atoms with Crippen molar-refractivity contribution in [3.63, 3.8) is 0 Å². The second-order valence-corrected chi connectivity index (χ2v) is 16.6. The van der Waals surface area contributed by atoms with E-state index in [0.29, 0.717) is 17.5 Å². The first-order valence-electron chi connectivity index (χ1n) is 20.4. The van der Waals surface area contributed by atoms with Gasteiger partial charge in [-0.1, -0.05) is 146 Å². The Morgan fingerprint density at radius 2 is 1.03 bits per heavy atom. The molecule has 0 saturated heterocycles. The van der Waals surface area contributed by atoms with Crippen molar-refractivity contribution in [2.75, 3.05) is 0 Å². The molecule has 0 unspecified atom stereocenters. The largest absolute Gasteiger partial charge is 0.456 e. The van der Waals surface area contributed by atoms with Gasteiger partial charge in [0.25, 0.3) is 0 Å². The first-order valence-corrected chi connectivity index (χ1v) is 21.2. The third kappa shape index (κ3) is 5.36. The van der Waals surface area contributed by atoms with Crippen molar-refractivity contribution >= 4 is 86.0 Å². The molecule has 0 spiro atoms. The molecule has 13 rings (SSSR count). The van der Waals surface area contributed by atoms with Crippen molar-refractivity contribution in [3.8, 4) is 51.0 Å². The number of rotatable bonds is 5. The number of benzene rings is 9. The van der Waals surface area contributed by atoms with Crippen LogP contribution in [0.4, 0.5) is 0 Å². The molecule has 0 aliphatic carbocycles. The Morgan fingerprint density at radius 1 is 0.393 bits per heavy atom. The molecule has 0 atom stereocenters. The van der Waals surface area contributed by atoms with Crippen molar-refractivity contribution in [1.82, 2.24) is 19.5 Å². The topological polar surface area (TPSA) is 56.7 Å². The van der Waals surface area contributed by atoms with Crippen LogP contribution >= 0.6 is 11.3 Å². The molecule has 4 heterocycles. The average molecular weight is 797 g/mol. The van der Waals surface area contributed by atoms with Crippen LogP contribution in [0, 0.1) is 0 Å². The average Bonchev–Trinajstić information content (AvgIpc) is 4.00. The lowest BCUT2D eigenvalue weighted by Crippen LogP contribution is -2.00. The number of hydrogen-bond donors (Lipinski definition) is 0. The highest BCUT2D eigenvalue weighted by atomic mass is 32.1. The van der Waals surface area contributed by atoms with E-state index >= 15 is 0 Å². The lowest BCUT2D eigenvalue weighted by molar-refractivity contribution is 0.669. The third-order valence-electron chi connectivity index (χ3n) is 12.0. The van der Waals surface area contributed by atoms with Gasteiger partial charge in [0.05, 0.1) is 22.1 Å². The van der Waals surface area contributed by atoms with Crippen LogP contribution in [0.1, 0.15) is 0 Å². The number of para-hydroxylation sites is 2. The van der Waals surface area contributed by atoms with Crippen LogP contribution in [0.5, 0.6) is 0 Å². The normalized spacial score (nSPS) is 11.9. The van der Waals surface area contributed by atoms with E-state index in [1.807, 2.05) is 24.3 Å². The van der Waals surface area contributed by atoms with E-state index in [9.17, 15) is 0 Å². The molecule has 4 aromatic heterocycles. The lowest BCUT2D eigenvalue weighted by atomic mass is 10.00. The number of hydrogen-bond acceptors (Lipinski definition) is 5. The fourth-order valence-electron chi connectivity index (χ4n) is 9.17. The van der Waals surface area contributed by atoms with Gasteiger partial charge in [0, 0.05) is 53.0 Å². The predicted molar refractivity (Wildman–Crippen MR) is 254 cm³/mol. The second-order valence-electron chi connectivity index (χ2n) is 15.6. The molecule has 0 radical (unpaired) electrons. The molecule has 0 amide bonds. The van der Waals surface area contributed by atoms with Crippen molar-refractivity contribution < 1.29 is 4.42 Å². The molecule has 61 heavy (non-hydrogen) atoms. The van der Waals surface area contributed by atoms with Gasteiger partial charge in [0.1, 0.15) is 11.2 Å². The number of nitrogens with zero attached hydrogens (tertiary/aromatic N) is 4. The summed E-state index contributed by atoms with van der Waals surface area (Å²) in [5.41, 5.74) is 10.1. The molecule has 0 bridgehead atoms. The van der Waals surface area contributed by atoms with E-state index in [-0.39, 0.29) is 0 Å². The first-order chi connectivity index (χ1) is 30.2. The fourth-order valence-corrected chi connectivity index (χ4v) is 10.4.